The lowest BCUT2D eigenvalue weighted by Gasteiger charge is -2.21. The minimum Gasteiger partial charge on any atom is -0.451 e. The summed E-state index contributed by atoms with van der Waals surface area (Å²) >= 11 is 3.47. The summed E-state index contributed by atoms with van der Waals surface area (Å²) in [5.41, 5.74) is 2.88. The number of fused-ring (bicyclic) bond motifs is 1. The Bertz CT molecular complexity index is 903. The quantitative estimate of drug-likeness (QED) is 0.649. The minimum atomic E-state index is -0.158. The summed E-state index contributed by atoms with van der Waals surface area (Å²) in [5.74, 6) is 0.236. The number of carbonyl (C=O) groups excluding carboxylic acids is 1. The zero-order valence-electron chi connectivity index (χ0n) is 15.3. The van der Waals surface area contributed by atoms with E-state index in [0.717, 1.165) is 27.4 Å². The molecule has 0 unspecified atom stereocenters. The van der Waals surface area contributed by atoms with Crippen molar-refractivity contribution >= 4 is 32.8 Å². The van der Waals surface area contributed by atoms with Gasteiger partial charge >= 0.3 is 0 Å². The molecule has 2 aromatic carbocycles. The van der Waals surface area contributed by atoms with Crippen LogP contribution in [0.4, 0.5) is 0 Å². The number of hydrogen-bond acceptors (Lipinski definition) is 2. The number of nitrogens with one attached hydrogen (secondary N) is 2. The Morgan fingerprint density at radius 3 is 2.62 bits per heavy atom. The summed E-state index contributed by atoms with van der Waals surface area (Å²) in [6.07, 6.45) is 0.912. The van der Waals surface area contributed by atoms with Crippen LogP contribution in [0.3, 0.4) is 0 Å². The van der Waals surface area contributed by atoms with Crippen LogP contribution in [0.5, 0.6) is 0 Å². The Kier molecular flexibility index (Phi) is 5.79. The van der Waals surface area contributed by atoms with Crippen LogP contribution in [0.2, 0.25) is 0 Å². The lowest BCUT2D eigenvalue weighted by atomic mass is 10.1. The van der Waals surface area contributed by atoms with Crippen LogP contribution in [-0.4, -0.2) is 32.6 Å². The van der Waals surface area contributed by atoms with Gasteiger partial charge in [0.15, 0.2) is 5.76 Å². The number of furan rings is 1. The maximum Gasteiger partial charge on any atom is 0.287 e. The molecular weight excluding hydrogens is 392 g/mol. The number of aryl methyl sites for hydroxylation is 1. The fraction of sp³-hybridized carbons (Fsp3) is 0.286. The standard InChI is InChI=1S/C21H23BrN2O2/c1-14-18-12-16(22)9-10-19(18)26-20(14)21(25)23-13-17(24(2)3)11-15-7-5-4-6-8-15/h4-10,12,17H,11,13H2,1-3H3,(H,23,25)/p+1/t17-/m0/s1. The fourth-order valence-corrected chi connectivity index (χ4v) is 3.45. The third-order valence-electron chi connectivity index (χ3n) is 4.75. The molecule has 0 aliphatic heterocycles. The molecule has 2 N–H and O–H groups in total. The van der Waals surface area contributed by atoms with Gasteiger partial charge in [0, 0.05) is 21.8 Å². The summed E-state index contributed by atoms with van der Waals surface area (Å²) in [5, 5.41) is 4.01. The first-order valence-electron chi connectivity index (χ1n) is 8.76. The zero-order chi connectivity index (χ0) is 18.7. The first kappa shape index (κ1) is 18.7. The van der Waals surface area contributed by atoms with E-state index in [-0.39, 0.29) is 5.91 Å². The van der Waals surface area contributed by atoms with Gasteiger partial charge in [0.2, 0.25) is 0 Å². The maximum absolute atomic E-state index is 12.7. The van der Waals surface area contributed by atoms with Crippen molar-refractivity contribution in [3.05, 3.63) is 69.9 Å². The van der Waals surface area contributed by atoms with Crippen LogP contribution in [-0.2, 0) is 6.42 Å². The molecule has 3 rings (SSSR count). The number of amides is 1. The summed E-state index contributed by atoms with van der Waals surface area (Å²) < 4.78 is 6.76. The van der Waals surface area contributed by atoms with E-state index in [1.165, 1.54) is 10.5 Å². The molecule has 26 heavy (non-hydrogen) atoms. The Hall–Kier alpha value is -2.11. The number of likely N-dealkylation sites (N-methyl/N-ethyl adjacent to an activating group) is 1. The van der Waals surface area contributed by atoms with Crippen molar-refractivity contribution in [1.29, 1.82) is 0 Å². The molecule has 1 atom stereocenters. The molecule has 3 aromatic rings. The third kappa shape index (κ3) is 4.17. The van der Waals surface area contributed by atoms with E-state index in [1.807, 2.05) is 43.3 Å². The molecule has 0 radical (unpaired) electrons. The monoisotopic (exact) mass is 415 g/mol. The van der Waals surface area contributed by atoms with Gasteiger partial charge in [-0.15, -0.1) is 0 Å². The van der Waals surface area contributed by atoms with Gasteiger partial charge in [-0.3, -0.25) is 4.79 Å². The molecule has 0 bridgehead atoms. The molecule has 5 heteroatoms. The molecule has 1 amide bonds. The van der Waals surface area contributed by atoms with E-state index < -0.39 is 0 Å². The largest absolute Gasteiger partial charge is 0.451 e. The summed E-state index contributed by atoms with van der Waals surface area (Å²) in [6.45, 7) is 2.52. The topological polar surface area (TPSA) is 46.7 Å². The zero-order valence-corrected chi connectivity index (χ0v) is 16.9. The van der Waals surface area contributed by atoms with E-state index in [0.29, 0.717) is 18.3 Å². The SMILES string of the molecule is Cc1c(C(=O)NC[C@H](Cc2ccccc2)[NH+](C)C)oc2ccc(Br)cc12. The van der Waals surface area contributed by atoms with Crippen LogP contribution < -0.4 is 10.2 Å². The van der Waals surface area contributed by atoms with Gasteiger partial charge in [0.05, 0.1) is 20.6 Å². The number of carbonyl (C=O) groups is 1. The highest BCUT2D eigenvalue weighted by Gasteiger charge is 2.21. The summed E-state index contributed by atoms with van der Waals surface area (Å²) in [4.78, 5) is 14.0. The number of rotatable bonds is 6. The molecule has 136 valence electrons. The van der Waals surface area contributed by atoms with Crippen molar-refractivity contribution in [1.82, 2.24) is 5.32 Å². The van der Waals surface area contributed by atoms with Gasteiger partial charge < -0.3 is 14.6 Å². The fourth-order valence-electron chi connectivity index (χ4n) is 3.08. The average molecular weight is 416 g/mol. The second-order valence-corrected chi connectivity index (χ2v) is 7.79. The van der Waals surface area contributed by atoms with Gasteiger partial charge in [0.1, 0.15) is 11.6 Å². The molecule has 0 spiro atoms. The molecular formula is C21H24BrN2O2+. The van der Waals surface area contributed by atoms with Gasteiger partial charge in [-0.05, 0) is 30.7 Å². The Balaban J connectivity index is 1.71. The number of quaternary nitrogens is 1. The average Bonchev–Trinajstić information content (AvgIpc) is 2.95. The Labute approximate surface area is 162 Å². The highest BCUT2D eigenvalue weighted by molar-refractivity contribution is 9.10. The molecule has 1 heterocycles. The van der Waals surface area contributed by atoms with Gasteiger partial charge in [0.25, 0.3) is 5.91 Å². The third-order valence-corrected chi connectivity index (χ3v) is 5.25. The second-order valence-electron chi connectivity index (χ2n) is 6.87. The molecule has 1 aromatic heterocycles. The van der Waals surface area contributed by atoms with Crippen LogP contribution in [0.1, 0.15) is 21.7 Å². The second kappa shape index (κ2) is 8.06. The van der Waals surface area contributed by atoms with Gasteiger partial charge in [-0.25, -0.2) is 0 Å². The molecule has 0 aliphatic rings. The number of hydrogen-bond donors (Lipinski definition) is 2. The summed E-state index contributed by atoms with van der Waals surface area (Å²) in [7, 11) is 4.23. The minimum absolute atomic E-state index is 0.158. The van der Waals surface area contributed by atoms with E-state index in [1.54, 1.807) is 0 Å². The number of halogens is 1. The highest BCUT2D eigenvalue weighted by Crippen LogP contribution is 2.27. The van der Waals surface area contributed by atoms with E-state index in [9.17, 15) is 4.79 Å². The van der Waals surface area contributed by atoms with Crippen molar-refractivity contribution in [2.45, 2.75) is 19.4 Å². The lowest BCUT2D eigenvalue weighted by Crippen LogP contribution is -3.11. The van der Waals surface area contributed by atoms with Crippen molar-refractivity contribution in [2.75, 3.05) is 20.6 Å². The Morgan fingerprint density at radius 1 is 1.19 bits per heavy atom. The smallest absolute Gasteiger partial charge is 0.287 e. The summed E-state index contributed by atoms with van der Waals surface area (Å²) in [6, 6.07) is 16.4. The van der Waals surface area contributed by atoms with Gasteiger partial charge in [-0.2, -0.15) is 0 Å². The van der Waals surface area contributed by atoms with Crippen molar-refractivity contribution in [3.8, 4) is 0 Å². The molecule has 0 fully saturated rings. The van der Waals surface area contributed by atoms with Crippen LogP contribution in [0.15, 0.2) is 57.4 Å². The van der Waals surface area contributed by atoms with E-state index in [4.69, 9.17) is 4.42 Å². The van der Waals surface area contributed by atoms with E-state index >= 15 is 0 Å². The van der Waals surface area contributed by atoms with Crippen molar-refractivity contribution < 1.29 is 14.1 Å². The van der Waals surface area contributed by atoms with Gasteiger partial charge in [-0.1, -0.05) is 46.3 Å². The van der Waals surface area contributed by atoms with Crippen LogP contribution in [0.25, 0.3) is 11.0 Å². The first-order chi connectivity index (χ1) is 12.5. The van der Waals surface area contributed by atoms with Crippen molar-refractivity contribution in [2.24, 2.45) is 0 Å². The van der Waals surface area contributed by atoms with Crippen LogP contribution in [0, 0.1) is 6.92 Å². The highest BCUT2D eigenvalue weighted by atomic mass is 79.9. The molecule has 4 nitrogen and oxygen atoms in total. The Morgan fingerprint density at radius 2 is 1.92 bits per heavy atom. The molecule has 0 aliphatic carbocycles. The maximum atomic E-state index is 12.7. The van der Waals surface area contributed by atoms with E-state index in [2.05, 4.69) is 47.5 Å². The number of benzene rings is 2. The first-order valence-corrected chi connectivity index (χ1v) is 9.56. The predicted molar refractivity (Wildman–Crippen MR) is 108 cm³/mol. The van der Waals surface area contributed by atoms with Crippen molar-refractivity contribution in [3.63, 3.8) is 0 Å². The molecule has 0 saturated carbocycles. The lowest BCUT2D eigenvalue weighted by molar-refractivity contribution is -0.884. The molecule has 0 saturated heterocycles. The normalized spacial score (nSPS) is 12.5. The van der Waals surface area contributed by atoms with Crippen LogP contribution >= 0.6 is 15.9 Å². The predicted octanol–water partition coefficient (Wildman–Crippen LogP) is 2.99.